The maximum atomic E-state index is 7.03. The Kier molecular flexibility index (Phi) is 3.81. The molecule has 0 aliphatic heterocycles. The Morgan fingerprint density at radius 3 is 2.93 bits per heavy atom. The van der Waals surface area contributed by atoms with E-state index in [0.29, 0.717) is 5.13 Å². The molecule has 15 heavy (non-hydrogen) atoms. The first kappa shape index (κ1) is 11.7. The number of anilines is 1. The monoisotopic (exact) mass is 288 g/mol. The molecule has 2 aromatic heterocycles. The van der Waals surface area contributed by atoms with Crippen molar-refractivity contribution in [3.05, 3.63) is 17.9 Å². The standard InChI is InChI=1S/C7H8N6S.BrH/c8-6(9)13-7-12-5(2-14-7)4-1-10-3-11-4;/h1-3H,(H,10,11)(H4,8,9,12,13);1H. The molecule has 0 aliphatic rings. The first-order chi connectivity index (χ1) is 6.75. The van der Waals surface area contributed by atoms with Crippen LogP contribution in [0.3, 0.4) is 0 Å². The molecule has 0 aliphatic carbocycles. The van der Waals surface area contributed by atoms with E-state index in [2.05, 4.69) is 20.3 Å². The third-order valence-electron chi connectivity index (χ3n) is 1.51. The van der Waals surface area contributed by atoms with Gasteiger partial charge < -0.3 is 16.0 Å². The molecular weight excluding hydrogens is 280 g/mol. The maximum absolute atomic E-state index is 7.03. The minimum absolute atomic E-state index is 0. The number of nitrogens with two attached hydrogens (primary N) is 1. The van der Waals surface area contributed by atoms with Crippen molar-refractivity contribution in [1.82, 2.24) is 15.0 Å². The fourth-order valence-corrected chi connectivity index (χ4v) is 1.68. The van der Waals surface area contributed by atoms with Gasteiger partial charge in [-0.25, -0.2) is 9.97 Å². The number of H-pyrrole nitrogens is 1. The Hall–Kier alpha value is -1.41. The number of aromatic amines is 1. The smallest absolute Gasteiger partial charge is 0.192 e. The van der Waals surface area contributed by atoms with Gasteiger partial charge in [-0.3, -0.25) is 5.41 Å². The molecule has 0 unspecified atom stereocenters. The molecule has 0 fully saturated rings. The van der Waals surface area contributed by atoms with Crippen LogP contribution < -0.4 is 11.1 Å². The molecule has 0 saturated carbocycles. The van der Waals surface area contributed by atoms with Crippen LogP contribution in [-0.4, -0.2) is 20.9 Å². The van der Waals surface area contributed by atoms with Crippen molar-refractivity contribution < 1.29 is 0 Å². The molecule has 5 N–H and O–H groups in total. The van der Waals surface area contributed by atoms with Crippen LogP contribution in [0.2, 0.25) is 0 Å². The molecule has 8 heteroatoms. The van der Waals surface area contributed by atoms with E-state index in [1.807, 2.05) is 5.38 Å². The van der Waals surface area contributed by atoms with Gasteiger partial charge in [-0.1, -0.05) is 0 Å². The van der Waals surface area contributed by atoms with Crippen molar-refractivity contribution in [2.45, 2.75) is 0 Å². The average molecular weight is 289 g/mol. The number of guanidine groups is 1. The zero-order valence-electron chi connectivity index (χ0n) is 7.52. The average Bonchev–Trinajstić information content (AvgIpc) is 2.69. The van der Waals surface area contributed by atoms with Gasteiger partial charge in [-0.2, -0.15) is 0 Å². The molecule has 0 aromatic carbocycles. The Labute approximate surface area is 100 Å². The molecule has 0 bridgehead atoms. The summed E-state index contributed by atoms with van der Waals surface area (Å²) >= 11 is 1.38. The largest absolute Gasteiger partial charge is 0.370 e. The quantitative estimate of drug-likeness (QED) is 0.495. The summed E-state index contributed by atoms with van der Waals surface area (Å²) in [6, 6.07) is 0. The van der Waals surface area contributed by atoms with Crippen LogP contribution in [0.4, 0.5) is 5.13 Å². The van der Waals surface area contributed by atoms with E-state index < -0.39 is 0 Å². The normalized spacial score (nSPS) is 9.33. The minimum Gasteiger partial charge on any atom is -0.370 e. The molecule has 0 spiro atoms. The summed E-state index contributed by atoms with van der Waals surface area (Å²) < 4.78 is 0. The van der Waals surface area contributed by atoms with Gasteiger partial charge in [0.2, 0.25) is 0 Å². The molecule has 2 heterocycles. The van der Waals surface area contributed by atoms with Crippen LogP contribution in [0, 0.1) is 5.41 Å². The van der Waals surface area contributed by atoms with Gasteiger partial charge in [0, 0.05) is 11.6 Å². The lowest BCUT2D eigenvalue weighted by Gasteiger charge is -1.95. The van der Waals surface area contributed by atoms with Gasteiger partial charge in [0.1, 0.15) is 11.4 Å². The summed E-state index contributed by atoms with van der Waals surface area (Å²) in [5.41, 5.74) is 6.71. The van der Waals surface area contributed by atoms with Crippen LogP contribution in [0.1, 0.15) is 0 Å². The van der Waals surface area contributed by atoms with E-state index in [4.69, 9.17) is 11.1 Å². The molecule has 2 aromatic rings. The lowest BCUT2D eigenvalue weighted by Crippen LogP contribution is -2.20. The summed E-state index contributed by atoms with van der Waals surface area (Å²) in [6.45, 7) is 0. The Morgan fingerprint density at radius 1 is 1.53 bits per heavy atom. The second kappa shape index (κ2) is 4.89. The first-order valence-electron chi connectivity index (χ1n) is 3.81. The summed E-state index contributed by atoms with van der Waals surface area (Å²) in [7, 11) is 0. The summed E-state index contributed by atoms with van der Waals surface area (Å²) in [6.07, 6.45) is 3.35. The molecule has 0 amide bonds. The number of rotatable bonds is 2. The van der Waals surface area contributed by atoms with E-state index >= 15 is 0 Å². The lowest BCUT2D eigenvalue weighted by molar-refractivity contribution is 1.29. The molecule has 2 rings (SSSR count). The number of imidazole rings is 1. The summed E-state index contributed by atoms with van der Waals surface area (Å²) in [5, 5.41) is 12.1. The van der Waals surface area contributed by atoms with Gasteiger partial charge in [-0.05, 0) is 0 Å². The summed E-state index contributed by atoms with van der Waals surface area (Å²) in [4.78, 5) is 11.1. The Balaban J connectivity index is 0.00000112. The molecule has 0 saturated heterocycles. The van der Waals surface area contributed by atoms with Crippen molar-refractivity contribution in [2.75, 3.05) is 5.32 Å². The number of thiazole rings is 1. The predicted molar refractivity (Wildman–Crippen MR) is 65.6 cm³/mol. The Morgan fingerprint density at radius 2 is 2.33 bits per heavy atom. The highest BCUT2D eigenvalue weighted by atomic mass is 79.9. The van der Waals surface area contributed by atoms with Gasteiger partial charge >= 0.3 is 0 Å². The minimum atomic E-state index is -0.118. The van der Waals surface area contributed by atoms with E-state index in [0.717, 1.165) is 11.4 Å². The van der Waals surface area contributed by atoms with Crippen molar-refractivity contribution >= 4 is 39.4 Å². The lowest BCUT2D eigenvalue weighted by atomic mass is 10.4. The highest BCUT2D eigenvalue weighted by Crippen LogP contribution is 2.22. The van der Waals surface area contributed by atoms with Gasteiger partial charge in [-0.15, -0.1) is 28.3 Å². The fourth-order valence-electron chi connectivity index (χ4n) is 0.964. The number of nitrogens with one attached hydrogen (secondary N) is 3. The highest BCUT2D eigenvalue weighted by Gasteiger charge is 2.05. The van der Waals surface area contributed by atoms with Crippen LogP contribution >= 0.6 is 28.3 Å². The van der Waals surface area contributed by atoms with Crippen LogP contribution in [-0.2, 0) is 0 Å². The van der Waals surface area contributed by atoms with Gasteiger partial charge in [0.25, 0.3) is 0 Å². The molecule has 6 nitrogen and oxygen atoms in total. The molecule has 0 atom stereocenters. The van der Waals surface area contributed by atoms with Crippen molar-refractivity contribution in [2.24, 2.45) is 5.73 Å². The third-order valence-corrected chi connectivity index (χ3v) is 2.26. The second-order valence-electron chi connectivity index (χ2n) is 2.53. The number of aromatic nitrogens is 3. The van der Waals surface area contributed by atoms with E-state index in [9.17, 15) is 0 Å². The van der Waals surface area contributed by atoms with Crippen LogP contribution in [0.5, 0.6) is 0 Å². The summed E-state index contributed by atoms with van der Waals surface area (Å²) in [5.74, 6) is -0.118. The molecule has 80 valence electrons. The van der Waals surface area contributed by atoms with Crippen LogP contribution in [0.25, 0.3) is 11.4 Å². The highest BCUT2D eigenvalue weighted by molar-refractivity contribution is 8.93. The van der Waals surface area contributed by atoms with E-state index in [1.165, 1.54) is 11.3 Å². The number of hydrogen-bond donors (Lipinski definition) is 4. The van der Waals surface area contributed by atoms with Crippen molar-refractivity contribution in [1.29, 1.82) is 5.41 Å². The van der Waals surface area contributed by atoms with Crippen molar-refractivity contribution in [3.63, 3.8) is 0 Å². The van der Waals surface area contributed by atoms with Crippen molar-refractivity contribution in [3.8, 4) is 11.4 Å². The maximum Gasteiger partial charge on any atom is 0.192 e. The van der Waals surface area contributed by atoms with Gasteiger partial charge in [0.05, 0.1) is 6.33 Å². The van der Waals surface area contributed by atoms with E-state index in [-0.39, 0.29) is 22.9 Å². The number of nitrogens with zero attached hydrogens (tertiary/aromatic N) is 2. The Bertz CT molecular complexity index is 436. The molecular formula is C7H9BrN6S. The third kappa shape index (κ3) is 2.77. The van der Waals surface area contributed by atoms with E-state index in [1.54, 1.807) is 12.5 Å². The molecule has 0 radical (unpaired) electrons. The fraction of sp³-hybridized carbons (Fsp3) is 0. The van der Waals surface area contributed by atoms with Gasteiger partial charge in [0.15, 0.2) is 11.1 Å². The number of hydrogen-bond acceptors (Lipinski definition) is 4. The SMILES string of the molecule is Br.N=C(N)Nc1nc(-c2c[nH]cn2)cs1. The topological polar surface area (TPSA) is 103 Å². The predicted octanol–water partition coefficient (Wildman–Crippen LogP) is 1.42. The number of halogens is 1. The van der Waals surface area contributed by atoms with Crippen LogP contribution in [0.15, 0.2) is 17.9 Å². The first-order valence-corrected chi connectivity index (χ1v) is 4.69. The zero-order valence-corrected chi connectivity index (χ0v) is 10.0. The zero-order chi connectivity index (χ0) is 9.97. The second-order valence-corrected chi connectivity index (χ2v) is 3.39.